The molecule has 0 atom stereocenters. The molecule has 1 aromatic rings. The fraction of sp³-hybridized carbons (Fsp3) is 0.636. The molecule has 0 unspecified atom stereocenters. The second-order valence-corrected chi connectivity index (χ2v) is 4.30. The van der Waals surface area contributed by atoms with Crippen LogP contribution < -0.4 is 0 Å². The van der Waals surface area contributed by atoms with Gasteiger partial charge in [0.05, 0.1) is 0 Å². The van der Waals surface area contributed by atoms with Crippen LogP contribution in [0.4, 0.5) is 0 Å². The number of nitrogens with zero attached hydrogens (tertiary/aromatic N) is 3. The highest BCUT2D eigenvalue weighted by molar-refractivity contribution is 5.08. The predicted molar refractivity (Wildman–Crippen MR) is 56.2 cm³/mol. The normalized spacial score (nSPS) is 18.6. The predicted octanol–water partition coefficient (Wildman–Crippen LogP) is 1.59. The van der Waals surface area contributed by atoms with Crippen molar-refractivity contribution in [2.24, 2.45) is 0 Å². The van der Waals surface area contributed by atoms with E-state index in [0.717, 1.165) is 24.6 Å². The van der Waals surface area contributed by atoms with E-state index < -0.39 is 0 Å². The molecular weight excluding hydrogens is 174 g/mol. The molecule has 0 saturated carbocycles. The summed E-state index contributed by atoms with van der Waals surface area (Å²) in [4.78, 5) is 11.2. The van der Waals surface area contributed by atoms with Gasteiger partial charge in [-0.25, -0.2) is 9.97 Å². The van der Waals surface area contributed by atoms with Crippen LogP contribution in [0.1, 0.15) is 31.3 Å². The summed E-state index contributed by atoms with van der Waals surface area (Å²) in [6.07, 6.45) is 1.86. The second-order valence-electron chi connectivity index (χ2n) is 4.30. The molecule has 2 heterocycles. The summed E-state index contributed by atoms with van der Waals surface area (Å²) in [5.41, 5.74) is 1.07. The van der Waals surface area contributed by atoms with Crippen LogP contribution in [0.2, 0.25) is 0 Å². The Morgan fingerprint density at radius 1 is 1.43 bits per heavy atom. The zero-order valence-electron chi connectivity index (χ0n) is 9.07. The van der Waals surface area contributed by atoms with Gasteiger partial charge in [0.15, 0.2) is 0 Å². The molecule has 0 radical (unpaired) electrons. The van der Waals surface area contributed by atoms with E-state index in [1.807, 2.05) is 19.2 Å². The van der Waals surface area contributed by atoms with Gasteiger partial charge in [-0.05, 0) is 26.8 Å². The Balaban J connectivity index is 2.00. The maximum atomic E-state index is 4.45. The van der Waals surface area contributed by atoms with Gasteiger partial charge in [-0.15, -0.1) is 0 Å². The SMILES string of the molecule is Cc1ccnc(C2CN(C(C)C)C2)n1. The van der Waals surface area contributed by atoms with Crippen LogP contribution in [-0.4, -0.2) is 34.0 Å². The number of aromatic nitrogens is 2. The van der Waals surface area contributed by atoms with E-state index in [2.05, 4.69) is 28.7 Å². The van der Waals surface area contributed by atoms with Gasteiger partial charge in [0, 0.05) is 36.9 Å². The third-order valence-corrected chi connectivity index (χ3v) is 2.82. The number of hydrogen-bond acceptors (Lipinski definition) is 3. The van der Waals surface area contributed by atoms with Gasteiger partial charge in [-0.2, -0.15) is 0 Å². The summed E-state index contributed by atoms with van der Waals surface area (Å²) in [5.74, 6) is 1.57. The van der Waals surface area contributed by atoms with Crippen LogP contribution >= 0.6 is 0 Å². The van der Waals surface area contributed by atoms with Gasteiger partial charge in [0.25, 0.3) is 0 Å². The summed E-state index contributed by atoms with van der Waals surface area (Å²) >= 11 is 0. The minimum absolute atomic E-state index is 0.553. The Bertz CT molecular complexity index is 316. The minimum atomic E-state index is 0.553. The van der Waals surface area contributed by atoms with Crippen LogP contribution in [0, 0.1) is 6.92 Å². The molecule has 0 aromatic carbocycles. The first-order valence-corrected chi connectivity index (χ1v) is 5.20. The maximum Gasteiger partial charge on any atom is 0.134 e. The molecule has 1 fully saturated rings. The van der Waals surface area contributed by atoms with Gasteiger partial charge < -0.3 is 0 Å². The van der Waals surface area contributed by atoms with E-state index in [4.69, 9.17) is 0 Å². The van der Waals surface area contributed by atoms with Crippen LogP contribution in [0.25, 0.3) is 0 Å². The highest BCUT2D eigenvalue weighted by atomic mass is 15.2. The van der Waals surface area contributed by atoms with Crippen LogP contribution in [0.15, 0.2) is 12.3 Å². The molecule has 1 aromatic heterocycles. The van der Waals surface area contributed by atoms with Gasteiger partial charge in [-0.3, -0.25) is 4.90 Å². The average molecular weight is 191 g/mol. The Morgan fingerprint density at radius 2 is 2.14 bits per heavy atom. The monoisotopic (exact) mass is 191 g/mol. The van der Waals surface area contributed by atoms with E-state index in [0.29, 0.717) is 12.0 Å². The van der Waals surface area contributed by atoms with Crippen molar-refractivity contribution in [1.29, 1.82) is 0 Å². The van der Waals surface area contributed by atoms with Crippen molar-refractivity contribution < 1.29 is 0 Å². The van der Waals surface area contributed by atoms with E-state index in [1.54, 1.807) is 0 Å². The Labute approximate surface area is 85.2 Å². The summed E-state index contributed by atoms with van der Waals surface area (Å²) < 4.78 is 0. The quantitative estimate of drug-likeness (QED) is 0.711. The Hall–Kier alpha value is -0.960. The molecule has 1 aliphatic rings. The smallest absolute Gasteiger partial charge is 0.134 e. The zero-order chi connectivity index (χ0) is 10.1. The van der Waals surface area contributed by atoms with E-state index >= 15 is 0 Å². The molecule has 76 valence electrons. The highest BCUT2D eigenvalue weighted by Gasteiger charge is 2.31. The van der Waals surface area contributed by atoms with Crippen LogP contribution in [-0.2, 0) is 0 Å². The average Bonchev–Trinajstić information content (AvgIpc) is 2.00. The van der Waals surface area contributed by atoms with Crippen LogP contribution in [0.3, 0.4) is 0 Å². The van der Waals surface area contributed by atoms with Crippen molar-refractivity contribution in [3.05, 3.63) is 23.8 Å². The van der Waals surface area contributed by atoms with Crippen molar-refractivity contribution >= 4 is 0 Å². The van der Waals surface area contributed by atoms with E-state index in [9.17, 15) is 0 Å². The molecule has 3 nitrogen and oxygen atoms in total. The molecule has 1 aliphatic heterocycles. The van der Waals surface area contributed by atoms with Crippen molar-refractivity contribution in [3.63, 3.8) is 0 Å². The largest absolute Gasteiger partial charge is 0.299 e. The first-order chi connectivity index (χ1) is 6.66. The molecule has 2 rings (SSSR count). The minimum Gasteiger partial charge on any atom is -0.299 e. The third kappa shape index (κ3) is 1.77. The van der Waals surface area contributed by atoms with Crippen molar-refractivity contribution in [1.82, 2.24) is 14.9 Å². The van der Waals surface area contributed by atoms with Gasteiger partial charge in [0.1, 0.15) is 5.82 Å². The lowest BCUT2D eigenvalue weighted by molar-refractivity contribution is 0.105. The fourth-order valence-electron chi connectivity index (χ4n) is 1.76. The lowest BCUT2D eigenvalue weighted by Gasteiger charge is -2.41. The number of rotatable bonds is 2. The summed E-state index contributed by atoms with van der Waals surface area (Å²) in [6.45, 7) is 8.70. The number of aryl methyl sites for hydroxylation is 1. The molecule has 0 bridgehead atoms. The van der Waals surface area contributed by atoms with Crippen molar-refractivity contribution in [2.75, 3.05) is 13.1 Å². The first-order valence-electron chi connectivity index (χ1n) is 5.20. The molecule has 0 spiro atoms. The fourth-order valence-corrected chi connectivity index (χ4v) is 1.76. The number of hydrogen-bond donors (Lipinski definition) is 0. The Morgan fingerprint density at radius 3 is 2.71 bits per heavy atom. The second kappa shape index (κ2) is 3.65. The van der Waals surface area contributed by atoms with Gasteiger partial charge >= 0.3 is 0 Å². The lowest BCUT2D eigenvalue weighted by Crippen LogP contribution is -2.49. The highest BCUT2D eigenvalue weighted by Crippen LogP contribution is 2.25. The molecular formula is C11H17N3. The lowest BCUT2D eigenvalue weighted by atomic mass is 9.97. The Kier molecular flexibility index (Phi) is 2.50. The van der Waals surface area contributed by atoms with Gasteiger partial charge in [0.2, 0.25) is 0 Å². The number of likely N-dealkylation sites (tertiary alicyclic amines) is 1. The van der Waals surface area contributed by atoms with Crippen molar-refractivity contribution in [3.8, 4) is 0 Å². The maximum absolute atomic E-state index is 4.45. The zero-order valence-corrected chi connectivity index (χ0v) is 9.07. The van der Waals surface area contributed by atoms with Gasteiger partial charge in [-0.1, -0.05) is 0 Å². The summed E-state index contributed by atoms with van der Waals surface area (Å²) in [7, 11) is 0. The molecule has 0 N–H and O–H groups in total. The standard InChI is InChI=1S/C11H17N3/c1-8(2)14-6-10(7-14)11-12-5-4-9(3)13-11/h4-5,8,10H,6-7H2,1-3H3. The molecule has 3 heteroatoms. The topological polar surface area (TPSA) is 29.0 Å². The third-order valence-electron chi connectivity index (χ3n) is 2.82. The molecule has 0 amide bonds. The summed E-state index contributed by atoms with van der Waals surface area (Å²) in [5, 5.41) is 0. The van der Waals surface area contributed by atoms with Crippen LogP contribution in [0.5, 0.6) is 0 Å². The molecule has 14 heavy (non-hydrogen) atoms. The first kappa shape index (κ1) is 9.59. The molecule has 1 saturated heterocycles. The summed E-state index contributed by atoms with van der Waals surface area (Å²) in [6, 6.07) is 2.60. The molecule has 0 aliphatic carbocycles. The van der Waals surface area contributed by atoms with Crippen molar-refractivity contribution in [2.45, 2.75) is 32.7 Å². The van der Waals surface area contributed by atoms with E-state index in [-0.39, 0.29) is 0 Å². The van der Waals surface area contributed by atoms with E-state index in [1.165, 1.54) is 0 Å².